The molecule has 4 heteroatoms. The van der Waals surface area contributed by atoms with Crippen LogP contribution in [-0.4, -0.2) is 14.2 Å². The largest absolute Gasteiger partial charge is 0.493 e. The molecule has 1 aliphatic rings. The van der Waals surface area contributed by atoms with Gasteiger partial charge in [0.05, 0.1) is 14.2 Å². The highest BCUT2D eigenvalue weighted by molar-refractivity contribution is 5.64. The molecule has 4 nitrogen and oxygen atoms in total. The molecule has 160 valence electrons. The Bertz CT molecular complexity index is 1170. The van der Waals surface area contributed by atoms with Gasteiger partial charge in [-0.1, -0.05) is 91.0 Å². The highest BCUT2D eigenvalue weighted by Gasteiger charge is 2.45. The van der Waals surface area contributed by atoms with Crippen LogP contribution in [0.15, 0.2) is 103 Å². The van der Waals surface area contributed by atoms with Crippen molar-refractivity contribution in [3.05, 3.63) is 125 Å². The standard InChI is InChI=1S/C28H25NO3/c1-30-25-19-11-16-22(26(25)31-2)27-29-24-18-10-9-17-23(24)28(32-27,20-12-5-3-6-13-20)21-14-7-4-8-15-21/h3-19,27,29H,1-2H3/t27-/m0/s1. The highest BCUT2D eigenvalue weighted by Crippen LogP contribution is 2.51. The van der Waals surface area contributed by atoms with E-state index >= 15 is 0 Å². The van der Waals surface area contributed by atoms with Crippen molar-refractivity contribution in [1.29, 1.82) is 0 Å². The van der Waals surface area contributed by atoms with Crippen LogP contribution in [0.2, 0.25) is 0 Å². The molecule has 0 bridgehead atoms. The van der Waals surface area contributed by atoms with Crippen LogP contribution in [-0.2, 0) is 10.3 Å². The molecule has 4 aromatic carbocycles. The first kappa shape index (κ1) is 20.2. The van der Waals surface area contributed by atoms with Gasteiger partial charge in [-0.2, -0.15) is 0 Å². The smallest absolute Gasteiger partial charge is 0.168 e. The van der Waals surface area contributed by atoms with Crippen LogP contribution in [0.4, 0.5) is 5.69 Å². The Kier molecular flexibility index (Phi) is 5.29. The van der Waals surface area contributed by atoms with Gasteiger partial charge in [0.15, 0.2) is 17.7 Å². The molecule has 0 radical (unpaired) electrons. The van der Waals surface area contributed by atoms with Gasteiger partial charge in [0.2, 0.25) is 0 Å². The lowest BCUT2D eigenvalue weighted by molar-refractivity contribution is -0.0441. The molecule has 0 saturated heterocycles. The maximum Gasteiger partial charge on any atom is 0.168 e. The molecule has 32 heavy (non-hydrogen) atoms. The SMILES string of the molecule is COc1cccc([C@H]2Nc3ccccc3C(c3ccccc3)(c3ccccc3)O2)c1OC. The first-order valence-electron chi connectivity index (χ1n) is 10.6. The van der Waals surface area contributed by atoms with Crippen molar-refractivity contribution < 1.29 is 14.2 Å². The van der Waals surface area contributed by atoms with Crippen molar-refractivity contribution in [1.82, 2.24) is 0 Å². The third-order valence-electron chi connectivity index (χ3n) is 5.96. The average Bonchev–Trinajstić information content (AvgIpc) is 2.88. The van der Waals surface area contributed by atoms with E-state index < -0.39 is 11.8 Å². The van der Waals surface area contributed by atoms with Gasteiger partial charge in [0.25, 0.3) is 0 Å². The van der Waals surface area contributed by atoms with Crippen molar-refractivity contribution in [2.24, 2.45) is 0 Å². The molecule has 0 spiro atoms. The fraction of sp³-hybridized carbons (Fsp3) is 0.143. The summed E-state index contributed by atoms with van der Waals surface area (Å²) in [6.45, 7) is 0. The summed E-state index contributed by atoms with van der Waals surface area (Å²) in [5.41, 5.74) is 4.27. The van der Waals surface area contributed by atoms with Crippen molar-refractivity contribution in [3.63, 3.8) is 0 Å². The van der Waals surface area contributed by atoms with Crippen molar-refractivity contribution in [3.8, 4) is 11.5 Å². The number of hydrogen-bond donors (Lipinski definition) is 1. The zero-order valence-corrected chi connectivity index (χ0v) is 18.1. The van der Waals surface area contributed by atoms with E-state index in [1.54, 1.807) is 14.2 Å². The van der Waals surface area contributed by atoms with Crippen molar-refractivity contribution in [2.45, 2.75) is 11.8 Å². The summed E-state index contributed by atoms with van der Waals surface area (Å²) in [4.78, 5) is 0. The Balaban J connectivity index is 1.78. The van der Waals surface area contributed by atoms with Gasteiger partial charge < -0.3 is 19.5 Å². The molecule has 5 rings (SSSR count). The Labute approximate surface area is 188 Å². The fourth-order valence-corrected chi connectivity index (χ4v) is 4.55. The number of ether oxygens (including phenoxy) is 3. The van der Waals surface area contributed by atoms with Gasteiger partial charge >= 0.3 is 0 Å². The summed E-state index contributed by atoms with van der Waals surface area (Å²) in [5, 5.41) is 3.58. The maximum atomic E-state index is 7.05. The second kappa shape index (κ2) is 8.40. The van der Waals surface area contributed by atoms with Crippen LogP contribution in [0.25, 0.3) is 0 Å². The number of rotatable bonds is 5. The highest BCUT2D eigenvalue weighted by atomic mass is 16.5. The Hall–Kier alpha value is -3.76. The molecule has 0 aliphatic carbocycles. The minimum atomic E-state index is -0.802. The quantitative estimate of drug-likeness (QED) is 0.419. The van der Waals surface area contributed by atoms with Crippen LogP contribution in [0.3, 0.4) is 0 Å². The first-order valence-corrected chi connectivity index (χ1v) is 10.6. The number of benzene rings is 4. The van der Waals surface area contributed by atoms with Gasteiger partial charge in [-0.3, -0.25) is 0 Å². The van der Waals surface area contributed by atoms with Crippen LogP contribution in [0, 0.1) is 0 Å². The number of para-hydroxylation sites is 2. The molecule has 0 fully saturated rings. The van der Waals surface area contributed by atoms with E-state index in [4.69, 9.17) is 14.2 Å². The third-order valence-corrected chi connectivity index (χ3v) is 5.96. The van der Waals surface area contributed by atoms with Gasteiger partial charge in [-0.05, 0) is 23.3 Å². The van der Waals surface area contributed by atoms with Gasteiger partial charge in [0.1, 0.15) is 5.60 Å². The molecule has 0 amide bonds. The van der Waals surface area contributed by atoms with Crippen LogP contribution in [0.5, 0.6) is 11.5 Å². The van der Waals surface area contributed by atoms with Gasteiger partial charge in [-0.25, -0.2) is 0 Å². The summed E-state index contributed by atoms with van der Waals surface area (Å²) in [6.07, 6.45) is -0.463. The average molecular weight is 424 g/mol. The van der Waals surface area contributed by atoms with E-state index in [-0.39, 0.29) is 0 Å². The van der Waals surface area contributed by atoms with E-state index in [9.17, 15) is 0 Å². The molecule has 1 aliphatic heterocycles. The second-order valence-electron chi connectivity index (χ2n) is 7.68. The summed E-state index contributed by atoms with van der Waals surface area (Å²) in [7, 11) is 3.30. The minimum absolute atomic E-state index is 0.463. The number of methoxy groups -OCH3 is 2. The zero-order valence-electron chi connectivity index (χ0n) is 18.1. The first-order chi connectivity index (χ1) is 15.8. The number of fused-ring (bicyclic) bond motifs is 1. The normalized spacial score (nSPS) is 16.5. The number of nitrogens with one attached hydrogen (secondary N) is 1. The van der Waals surface area contributed by atoms with E-state index in [1.165, 1.54) is 0 Å². The molecule has 4 aromatic rings. The number of anilines is 1. The van der Waals surface area contributed by atoms with Crippen molar-refractivity contribution >= 4 is 5.69 Å². The Morgan fingerprint density at radius 1 is 0.688 bits per heavy atom. The summed E-state index contributed by atoms with van der Waals surface area (Å²) >= 11 is 0. The molecule has 0 aromatic heterocycles. The van der Waals surface area contributed by atoms with Crippen LogP contribution in [0.1, 0.15) is 28.5 Å². The Morgan fingerprint density at radius 3 is 1.94 bits per heavy atom. The topological polar surface area (TPSA) is 39.7 Å². The minimum Gasteiger partial charge on any atom is -0.493 e. The van der Waals surface area contributed by atoms with Crippen LogP contribution < -0.4 is 14.8 Å². The maximum absolute atomic E-state index is 7.05. The van der Waals surface area contributed by atoms with Gasteiger partial charge in [0, 0.05) is 16.8 Å². The molecule has 1 N–H and O–H groups in total. The van der Waals surface area contributed by atoms with Crippen LogP contribution >= 0.6 is 0 Å². The molecule has 0 saturated carbocycles. The predicted octanol–water partition coefficient (Wildman–Crippen LogP) is 6.14. The lowest BCUT2D eigenvalue weighted by Crippen LogP contribution is -2.40. The zero-order chi connectivity index (χ0) is 22.0. The molecular weight excluding hydrogens is 398 g/mol. The fourth-order valence-electron chi connectivity index (χ4n) is 4.55. The summed E-state index contributed by atoms with van der Waals surface area (Å²) in [6, 6.07) is 34.9. The lowest BCUT2D eigenvalue weighted by Gasteiger charge is -2.44. The van der Waals surface area contributed by atoms with E-state index in [2.05, 4.69) is 72.0 Å². The van der Waals surface area contributed by atoms with E-state index in [0.29, 0.717) is 11.5 Å². The predicted molar refractivity (Wildman–Crippen MR) is 126 cm³/mol. The summed E-state index contributed by atoms with van der Waals surface area (Å²) in [5.74, 6) is 1.32. The van der Waals surface area contributed by atoms with Gasteiger partial charge in [-0.15, -0.1) is 0 Å². The molecule has 1 atom stereocenters. The lowest BCUT2D eigenvalue weighted by atomic mass is 9.78. The number of hydrogen-bond acceptors (Lipinski definition) is 4. The Morgan fingerprint density at radius 2 is 1.31 bits per heavy atom. The molecule has 0 unspecified atom stereocenters. The second-order valence-corrected chi connectivity index (χ2v) is 7.68. The van der Waals surface area contributed by atoms with Crippen molar-refractivity contribution in [2.75, 3.05) is 19.5 Å². The monoisotopic (exact) mass is 423 g/mol. The van der Waals surface area contributed by atoms with E-state index in [0.717, 1.165) is 27.9 Å². The molecule has 1 heterocycles. The third kappa shape index (κ3) is 3.20. The summed E-state index contributed by atoms with van der Waals surface area (Å²) < 4.78 is 18.3. The van der Waals surface area contributed by atoms with E-state index in [1.807, 2.05) is 36.4 Å². The molecular formula is C28H25NO3.